The molecule has 2 N–H and O–H groups in total. The predicted molar refractivity (Wildman–Crippen MR) is 103 cm³/mol. The summed E-state index contributed by atoms with van der Waals surface area (Å²) in [4.78, 5) is 12.3. The van der Waals surface area contributed by atoms with Crippen LogP contribution in [0, 0.1) is 0 Å². The van der Waals surface area contributed by atoms with Crippen molar-refractivity contribution in [3.8, 4) is 0 Å². The summed E-state index contributed by atoms with van der Waals surface area (Å²) in [7, 11) is 0. The van der Waals surface area contributed by atoms with Gasteiger partial charge < -0.3 is 10.6 Å². The molecule has 158 valence electrons. The van der Waals surface area contributed by atoms with Crippen molar-refractivity contribution in [2.75, 3.05) is 11.9 Å². The van der Waals surface area contributed by atoms with Gasteiger partial charge in [-0.25, -0.2) is 4.39 Å². The fourth-order valence-corrected chi connectivity index (χ4v) is 3.98. The molecule has 9 heteroatoms. The molecule has 0 spiro atoms. The molecule has 1 amide bonds. The smallest absolute Gasteiger partial charge is 0.325 e. The molecule has 1 aliphatic heterocycles. The first-order chi connectivity index (χ1) is 13.6. The van der Waals surface area contributed by atoms with Crippen molar-refractivity contribution < 1.29 is 27.1 Å². The van der Waals surface area contributed by atoms with Crippen LogP contribution in [0.15, 0.2) is 42.5 Å². The third kappa shape index (κ3) is 5.18. The number of carbonyl (C=O) groups excluding carboxylic acids is 1. The number of nitrogens with one attached hydrogen (secondary N) is 2. The molecule has 0 aromatic heterocycles. The van der Waals surface area contributed by atoms with Gasteiger partial charge in [0.25, 0.3) is 0 Å². The number of alkyl halides is 4. The van der Waals surface area contributed by atoms with Crippen LogP contribution in [0.25, 0.3) is 0 Å². The van der Waals surface area contributed by atoms with E-state index in [1.165, 1.54) is 18.2 Å². The van der Waals surface area contributed by atoms with Crippen LogP contribution < -0.4 is 10.6 Å². The maximum absolute atomic E-state index is 13.5. The van der Waals surface area contributed by atoms with Crippen molar-refractivity contribution in [1.82, 2.24) is 5.32 Å². The maximum Gasteiger partial charge on any atom is 0.523 e. The van der Waals surface area contributed by atoms with Gasteiger partial charge in [-0.1, -0.05) is 42.0 Å². The summed E-state index contributed by atoms with van der Waals surface area (Å²) in [5.74, 6) is -0.388. The normalized spacial score (nSPS) is 29.7. The highest BCUT2D eigenvalue weighted by molar-refractivity contribution is 6.32. The standard InChI is InChI=1S/C20H21ClF4N2O2/c1-19(8-3-2-4-17(19)29-20(23,24)25)14-6-5-13(11-15(14)21)27-18(28)16-10-12(22)7-9-26-16/h2-6,8,11-12,16-17,26H,7,9-10H2,1H3,(H,27,28)/t12-,16?,17?,19?/m1/s1. The highest BCUT2D eigenvalue weighted by Crippen LogP contribution is 2.41. The fourth-order valence-electron chi connectivity index (χ4n) is 3.59. The third-order valence-corrected chi connectivity index (χ3v) is 5.48. The van der Waals surface area contributed by atoms with Gasteiger partial charge in [0.2, 0.25) is 5.91 Å². The lowest BCUT2D eigenvalue weighted by molar-refractivity contribution is -0.341. The quantitative estimate of drug-likeness (QED) is 0.680. The first-order valence-corrected chi connectivity index (χ1v) is 9.55. The van der Waals surface area contributed by atoms with Gasteiger partial charge in [-0.2, -0.15) is 0 Å². The van der Waals surface area contributed by atoms with Crippen LogP contribution >= 0.6 is 11.6 Å². The van der Waals surface area contributed by atoms with Crippen molar-refractivity contribution in [2.45, 2.75) is 49.9 Å². The molecule has 3 unspecified atom stereocenters. The lowest BCUT2D eigenvalue weighted by atomic mass is 9.75. The Kier molecular flexibility index (Phi) is 6.36. The number of benzene rings is 1. The fraction of sp³-hybridized carbons (Fsp3) is 0.450. The van der Waals surface area contributed by atoms with Gasteiger partial charge in [-0.3, -0.25) is 9.53 Å². The van der Waals surface area contributed by atoms with E-state index in [0.29, 0.717) is 24.2 Å². The Bertz CT molecular complexity index is 827. The molecule has 1 heterocycles. The Morgan fingerprint density at radius 3 is 2.76 bits per heavy atom. The van der Waals surface area contributed by atoms with Gasteiger partial charge in [-0.15, -0.1) is 13.2 Å². The van der Waals surface area contributed by atoms with E-state index < -0.39 is 30.1 Å². The molecule has 29 heavy (non-hydrogen) atoms. The monoisotopic (exact) mass is 432 g/mol. The van der Waals surface area contributed by atoms with Gasteiger partial charge >= 0.3 is 6.36 Å². The predicted octanol–water partition coefficient (Wildman–Crippen LogP) is 4.66. The summed E-state index contributed by atoms with van der Waals surface area (Å²) in [6.45, 7) is 2.01. The first kappa shape index (κ1) is 21.8. The third-order valence-electron chi connectivity index (χ3n) is 5.16. The Morgan fingerprint density at radius 1 is 1.34 bits per heavy atom. The van der Waals surface area contributed by atoms with Crippen LogP contribution in [-0.4, -0.2) is 37.1 Å². The second-order valence-electron chi connectivity index (χ2n) is 7.32. The zero-order valence-electron chi connectivity index (χ0n) is 15.6. The maximum atomic E-state index is 13.5. The van der Waals surface area contributed by atoms with Crippen LogP contribution in [-0.2, 0) is 14.9 Å². The topological polar surface area (TPSA) is 50.4 Å². The summed E-state index contributed by atoms with van der Waals surface area (Å²) in [5, 5.41) is 5.81. The molecule has 0 bridgehead atoms. The molecule has 3 rings (SSSR count). The van der Waals surface area contributed by atoms with Gasteiger partial charge in [0.1, 0.15) is 6.17 Å². The summed E-state index contributed by atoms with van der Waals surface area (Å²) < 4.78 is 56.2. The van der Waals surface area contributed by atoms with Crippen LogP contribution in [0.5, 0.6) is 0 Å². The Balaban J connectivity index is 1.78. The number of hydrogen-bond donors (Lipinski definition) is 2. The molecule has 0 saturated carbocycles. The molecule has 1 saturated heterocycles. The van der Waals surface area contributed by atoms with Crippen molar-refractivity contribution in [3.63, 3.8) is 0 Å². The van der Waals surface area contributed by atoms with Crippen molar-refractivity contribution in [2.24, 2.45) is 0 Å². The van der Waals surface area contributed by atoms with Gasteiger partial charge in [0, 0.05) is 22.5 Å². The SMILES string of the molecule is CC1(c2ccc(NC(=O)C3C[C@H](F)CCN3)cc2Cl)C=CC=CC1OC(F)(F)F. The van der Waals surface area contributed by atoms with Gasteiger partial charge in [0.05, 0.1) is 12.1 Å². The zero-order chi connectivity index (χ0) is 21.2. The number of amides is 1. The number of halogens is 5. The average Bonchev–Trinajstić information content (AvgIpc) is 2.62. The number of piperidine rings is 1. The van der Waals surface area contributed by atoms with E-state index in [0.717, 1.165) is 0 Å². The highest BCUT2D eigenvalue weighted by atomic mass is 35.5. The first-order valence-electron chi connectivity index (χ1n) is 9.17. The van der Waals surface area contributed by atoms with E-state index in [1.54, 1.807) is 31.2 Å². The molecule has 4 atom stereocenters. The van der Waals surface area contributed by atoms with Crippen LogP contribution in [0.4, 0.5) is 23.2 Å². The zero-order valence-corrected chi connectivity index (χ0v) is 16.4. The van der Waals surface area contributed by atoms with Gasteiger partial charge in [-0.05, 0) is 37.6 Å². The van der Waals surface area contributed by atoms with Gasteiger partial charge in [0.15, 0.2) is 0 Å². The molecule has 1 aromatic carbocycles. The molecule has 0 radical (unpaired) electrons. The molecule has 1 aliphatic carbocycles. The van der Waals surface area contributed by atoms with Crippen molar-refractivity contribution in [1.29, 1.82) is 0 Å². The van der Waals surface area contributed by atoms with E-state index in [1.807, 2.05) is 0 Å². The summed E-state index contributed by atoms with van der Waals surface area (Å²) in [6, 6.07) is 3.93. The largest absolute Gasteiger partial charge is 0.523 e. The summed E-state index contributed by atoms with van der Waals surface area (Å²) in [5.41, 5.74) is -0.360. The Labute approximate surface area is 170 Å². The molecule has 1 fully saturated rings. The number of carbonyl (C=O) groups is 1. The number of anilines is 1. The van der Waals surface area contributed by atoms with E-state index in [9.17, 15) is 22.4 Å². The van der Waals surface area contributed by atoms with E-state index in [4.69, 9.17) is 11.6 Å². The average molecular weight is 433 g/mol. The highest BCUT2D eigenvalue weighted by Gasteiger charge is 2.43. The van der Waals surface area contributed by atoms with Crippen LogP contribution in [0.1, 0.15) is 25.3 Å². The van der Waals surface area contributed by atoms with Crippen molar-refractivity contribution >= 4 is 23.2 Å². The molecule has 2 aliphatic rings. The van der Waals surface area contributed by atoms with E-state index in [-0.39, 0.29) is 17.4 Å². The second-order valence-corrected chi connectivity index (χ2v) is 7.73. The lowest BCUT2D eigenvalue weighted by Crippen LogP contribution is -2.46. The lowest BCUT2D eigenvalue weighted by Gasteiger charge is -2.36. The number of rotatable bonds is 4. The minimum atomic E-state index is -4.80. The Morgan fingerprint density at radius 2 is 2.10 bits per heavy atom. The minimum Gasteiger partial charge on any atom is -0.325 e. The second kappa shape index (κ2) is 8.45. The molecular weight excluding hydrogens is 412 g/mol. The van der Waals surface area contributed by atoms with Crippen molar-refractivity contribution in [3.05, 3.63) is 53.1 Å². The van der Waals surface area contributed by atoms with E-state index >= 15 is 0 Å². The van der Waals surface area contributed by atoms with Crippen LogP contribution in [0.2, 0.25) is 5.02 Å². The number of ether oxygens (including phenoxy) is 1. The number of allylic oxidation sites excluding steroid dienone is 2. The minimum absolute atomic E-state index is 0.0866. The van der Waals surface area contributed by atoms with E-state index in [2.05, 4.69) is 15.4 Å². The Hall–Kier alpha value is -1.90. The summed E-state index contributed by atoms with van der Waals surface area (Å²) in [6.07, 6.45) is -0.649. The van der Waals surface area contributed by atoms with Crippen LogP contribution in [0.3, 0.4) is 0 Å². The molecule has 4 nitrogen and oxygen atoms in total. The summed E-state index contributed by atoms with van der Waals surface area (Å²) >= 11 is 6.36. The number of hydrogen-bond acceptors (Lipinski definition) is 3. The molecular formula is C20H21ClF4N2O2. The molecule has 1 aromatic rings.